The summed E-state index contributed by atoms with van der Waals surface area (Å²) in [6, 6.07) is 8.06. The summed E-state index contributed by atoms with van der Waals surface area (Å²) in [4.78, 5) is 41.9. The van der Waals surface area contributed by atoms with E-state index in [0.717, 1.165) is 11.9 Å². The number of benzene rings is 1. The number of nitrogens with one attached hydrogen (secondary N) is 1. The number of fused-ring (bicyclic) bond motifs is 1. The van der Waals surface area contributed by atoms with Crippen LogP contribution in [0, 0.1) is 0 Å². The monoisotopic (exact) mass is 371 g/mol. The van der Waals surface area contributed by atoms with Gasteiger partial charge in [0, 0.05) is 56.6 Å². The van der Waals surface area contributed by atoms with Gasteiger partial charge in [0.15, 0.2) is 6.61 Å². The van der Waals surface area contributed by atoms with Crippen LogP contribution in [-0.4, -0.2) is 65.4 Å². The summed E-state index contributed by atoms with van der Waals surface area (Å²) in [5, 5.41) is 1.17. The Labute approximate surface area is 158 Å². The second-order valence-corrected chi connectivity index (χ2v) is 6.76. The molecule has 0 radical (unpaired) electrons. The van der Waals surface area contributed by atoms with Crippen molar-refractivity contribution in [2.45, 2.75) is 26.2 Å². The van der Waals surface area contributed by atoms with Crippen LogP contribution in [0.15, 0.2) is 30.5 Å². The Morgan fingerprint density at radius 2 is 1.78 bits per heavy atom. The maximum Gasteiger partial charge on any atom is 0.306 e. The fourth-order valence-electron chi connectivity index (χ4n) is 3.34. The minimum atomic E-state index is -0.356. The van der Waals surface area contributed by atoms with Crippen molar-refractivity contribution in [3.63, 3.8) is 0 Å². The Morgan fingerprint density at radius 1 is 1.07 bits per heavy atom. The van der Waals surface area contributed by atoms with Gasteiger partial charge in [-0.25, -0.2) is 0 Å². The zero-order chi connectivity index (χ0) is 19.2. The molecule has 2 aromatic rings. The maximum atomic E-state index is 12.1. The number of aromatic nitrogens is 1. The number of esters is 1. The summed E-state index contributed by atoms with van der Waals surface area (Å²) in [7, 11) is 0. The molecule has 7 nitrogen and oxygen atoms in total. The van der Waals surface area contributed by atoms with Gasteiger partial charge < -0.3 is 19.5 Å². The van der Waals surface area contributed by atoms with Gasteiger partial charge in [-0.2, -0.15) is 0 Å². The zero-order valence-electron chi connectivity index (χ0n) is 15.6. The molecule has 1 aromatic heterocycles. The largest absolute Gasteiger partial charge is 0.456 e. The molecule has 1 saturated heterocycles. The molecule has 1 aromatic carbocycles. The number of H-pyrrole nitrogens is 1. The Bertz CT molecular complexity index is 821. The topological polar surface area (TPSA) is 82.7 Å². The molecule has 3 rings (SSSR count). The van der Waals surface area contributed by atoms with Gasteiger partial charge in [0.25, 0.3) is 5.91 Å². The first-order chi connectivity index (χ1) is 13.0. The predicted octanol–water partition coefficient (Wildman–Crippen LogP) is 1.72. The SMILES string of the molecule is CC(=O)N1CCN(C(=O)COC(=O)CCCc2c[nH]c3ccccc23)CC1. The number of hydrogen-bond donors (Lipinski definition) is 1. The van der Waals surface area contributed by atoms with E-state index in [4.69, 9.17) is 4.74 Å². The quantitative estimate of drug-likeness (QED) is 0.784. The average Bonchev–Trinajstić information content (AvgIpc) is 3.09. The third-order valence-corrected chi connectivity index (χ3v) is 4.94. The molecule has 7 heteroatoms. The summed E-state index contributed by atoms with van der Waals surface area (Å²) in [6.45, 7) is 3.31. The van der Waals surface area contributed by atoms with Crippen molar-refractivity contribution in [2.75, 3.05) is 32.8 Å². The number of piperazine rings is 1. The van der Waals surface area contributed by atoms with Crippen LogP contribution in [-0.2, 0) is 25.5 Å². The highest BCUT2D eigenvalue weighted by Crippen LogP contribution is 2.19. The van der Waals surface area contributed by atoms with Crippen molar-refractivity contribution in [2.24, 2.45) is 0 Å². The lowest BCUT2D eigenvalue weighted by atomic mass is 10.1. The van der Waals surface area contributed by atoms with Gasteiger partial charge in [-0.05, 0) is 24.5 Å². The van der Waals surface area contributed by atoms with E-state index in [1.165, 1.54) is 17.9 Å². The van der Waals surface area contributed by atoms with E-state index in [-0.39, 0.29) is 30.8 Å². The van der Waals surface area contributed by atoms with Crippen LogP contribution < -0.4 is 0 Å². The molecule has 0 spiro atoms. The first-order valence-electron chi connectivity index (χ1n) is 9.28. The predicted molar refractivity (Wildman–Crippen MR) is 101 cm³/mol. The lowest BCUT2D eigenvalue weighted by molar-refractivity contribution is -0.153. The van der Waals surface area contributed by atoms with Crippen molar-refractivity contribution >= 4 is 28.7 Å². The van der Waals surface area contributed by atoms with Gasteiger partial charge in [0.1, 0.15) is 0 Å². The third-order valence-electron chi connectivity index (χ3n) is 4.94. The highest BCUT2D eigenvalue weighted by Gasteiger charge is 2.23. The number of ether oxygens (including phenoxy) is 1. The van der Waals surface area contributed by atoms with E-state index < -0.39 is 0 Å². The number of nitrogens with zero attached hydrogens (tertiary/aromatic N) is 2. The van der Waals surface area contributed by atoms with Crippen LogP contribution in [0.3, 0.4) is 0 Å². The molecule has 1 aliphatic rings. The van der Waals surface area contributed by atoms with Crippen LogP contribution >= 0.6 is 0 Å². The lowest BCUT2D eigenvalue weighted by Crippen LogP contribution is -2.51. The van der Waals surface area contributed by atoms with Gasteiger partial charge >= 0.3 is 5.97 Å². The second kappa shape index (κ2) is 8.70. The number of aryl methyl sites for hydroxylation is 1. The maximum absolute atomic E-state index is 12.1. The van der Waals surface area contributed by atoms with Gasteiger partial charge in [-0.3, -0.25) is 14.4 Å². The molecule has 27 heavy (non-hydrogen) atoms. The molecule has 0 aliphatic carbocycles. The van der Waals surface area contributed by atoms with E-state index in [0.29, 0.717) is 32.6 Å². The third kappa shape index (κ3) is 4.87. The number of amides is 2. The van der Waals surface area contributed by atoms with Crippen molar-refractivity contribution in [1.29, 1.82) is 0 Å². The summed E-state index contributed by atoms with van der Waals surface area (Å²) in [5.74, 6) is -0.544. The highest BCUT2D eigenvalue weighted by atomic mass is 16.5. The second-order valence-electron chi connectivity index (χ2n) is 6.76. The molecular formula is C20H25N3O4. The Morgan fingerprint density at radius 3 is 2.52 bits per heavy atom. The van der Waals surface area contributed by atoms with Gasteiger partial charge in [-0.1, -0.05) is 18.2 Å². The Balaban J connectivity index is 1.36. The Hall–Kier alpha value is -2.83. The first-order valence-corrected chi connectivity index (χ1v) is 9.28. The number of aromatic amines is 1. The van der Waals surface area contributed by atoms with Crippen molar-refractivity contribution in [3.05, 3.63) is 36.0 Å². The standard InChI is InChI=1S/C20H25N3O4/c1-15(24)22-9-11-23(12-10-22)19(25)14-27-20(26)8-4-5-16-13-21-18-7-3-2-6-17(16)18/h2-3,6-7,13,21H,4-5,8-12,14H2,1H3. The normalized spacial score (nSPS) is 14.4. The van der Waals surface area contributed by atoms with Gasteiger partial charge in [0.05, 0.1) is 0 Å². The van der Waals surface area contributed by atoms with Crippen LogP contribution in [0.4, 0.5) is 0 Å². The van der Waals surface area contributed by atoms with E-state index >= 15 is 0 Å². The minimum absolute atomic E-state index is 0.0173. The molecule has 0 saturated carbocycles. The number of rotatable bonds is 6. The molecule has 0 unspecified atom stereocenters. The molecule has 1 fully saturated rings. The van der Waals surface area contributed by atoms with Crippen LogP contribution in [0.5, 0.6) is 0 Å². The fraction of sp³-hybridized carbons (Fsp3) is 0.450. The smallest absolute Gasteiger partial charge is 0.306 e. The first kappa shape index (κ1) is 18.9. The molecular weight excluding hydrogens is 346 g/mol. The zero-order valence-corrected chi connectivity index (χ0v) is 15.6. The molecule has 144 valence electrons. The van der Waals surface area contributed by atoms with E-state index in [2.05, 4.69) is 11.1 Å². The van der Waals surface area contributed by atoms with E-state index in [1.54, 1.807) is 9.80 Å². The summed E-state index contributed by atoms with van der Waals surface area (Å²) in [5.41, 5.74) is 2.27. The molecule has 1 aliphatic heterocycles. The fourth-order valence-corrected chi connectivity index (χ4v) is 3.34. The van der Waals surface area contributed by atoms with Crippen molar-refractivity contribution in [1.82, 2.24) is 14.8 Å². The van der Waals surface area contributed by atoms with Gasteiger partial charge in [-0.15, -0.1) is 0 Å². The summed E-state index contributed by atoms with van der Waals surface area (Å²) >= 11 is 0. The molecule has 2 heterocycles. The van der Waals surface area contributed by atoms with Crippen LogP contribution in [0.1, 0.15) is 25.3 Å². The Kier molecular flexibility index (Phi) is 6.11. The number of carbonyl (C=O) groups is 3. The van der Waals surface area contributed by atoms with E-state index in [1.807, 2.05) is 24.4 Å². The van der Waals surface area contributed by atoms with Crippen LogP contribution in [0.2, 0.25) is 0 Å². The molecule has 0 bridgehead atoms. The molecule has 0 atom stereocenters. The van der Waals surface area contributed by atoms with E-state index in [9.17, 15) is 14.4 Å². The van der Waals surface area contributed by atoms with Crippen LogP contribution in [0.25, 0.3) is 10.9 Å². The minimum Gasteiger partial charge on any atom is -0.456 e. The highest BCUT2D eigenvalue weighted by molar-refractivity contribution is 5.83. The summed E-state index contributed by atoms with van der Waals surface area (Å²) in [6.07, 6.45) is 3.71. The van der Waals surface area contributed by atoms with Gasteiger partial charge in [0.2, 0.25) is 5.91 Å². The summed E-state index contributed by atoms with van der Waals surface area (Å²) < 4.78 is 5.12. The lowest BCUT2D eigenvalue weighted by Gasteiger charge is -2.34. The van der Waals surface area contributed by atoms with Crippen molar-refractivity contribution < 1.29 is 19.1 Å². The average molecular weight is 371 g/mol. The number of carbonyl (C=O) groups excluding carboxylic acids is 3. The number of para-hydroxylation sites is 1. The molecule has 2 amide bonds. The molecule has 1 N–H and O–H groups in total. The number of hydrogen-bond acceptors (Lipinski definition) is 4. The van der Waals surface area contributed by atoms with Crippen molar-refractivity contribution in [3.8, 4) is 0 Å².